The van der Waals surface area contributed by atoms with Gasteiger partial charge in [0.15, 0.2) is 0 Å². The van der Waals surface area contributed by atoms with Crippen LogP contribution in [0.5, 0.6) is 0 Å². The zero-order valence-corrected chi connectivity index (χ0v) is 13.8. The summed E-state index contributed by atoms with van der Waals surface area (Å²) >= 11 is 1.61. The van der Waals surface area contributed by atoms with Crippen molar-refractivity contribution < 1.29 is 4.79 Å². The minimum absolute atomic E-state index is 0.00828. The first-order valence-corrected chi connectivity index (χ1v) is 8.28. The highest BCUT2D eigenvalue weighted by atomic mass is 32.1. The minimum Gasteiger partial charge on any atom is -0.345 e. The Labute approximate surface area is 134 Å². The van der Waals surface area contributed by atoms with E-state index < -0.39 is 0 Å². The van der Waals surface area contributed by atoms with Crippen LogP contribution in [0.4, 0.5) is 0 Å². The summed E-state index contributed by atoms with van der Waals surface area (Å²) in [6.07, 6.45) is 0. The Balaban J connectivity index is 1.86. The van der Waals surface area contributed by atoms with Crippen molar-refractivity contribution in [1.82, 2.24) is 5.32 Å². The number of thiophene rings is 1. The smallest absolute Gasteiger partial charge is 0.253 e. The molecule has 0 aliphatic heterocycles. The van der Waals surface area contributed by atoms with Gasteiger partial charge < -0.3 is 5.32 Å². The number of hydrogen-bond acceptors (Lipinski definition) is 2. The molecule has 0 spiro atoms. The van der Waals surface area contributed by atoms with Crippen molar-refractivity contribution >= 4 is 27.3 Å². The zero-order chi connectivity index (χ0) is 15.7. The van der Waals surface area contributed by atoms with Crippen LogP contribution in [0.25, 0.3) is 10.1 Å². The third-order valence-corrected chi connectivity index (χ3v) is 4.94. The van der Waals surface area contributed by atoms with Crippen LogP contribution in [0.1, 0.15) is 40.0 Å². The van der Waals surface area contributed by atoms with E-state index in [-0.39, 0.29) is 11.9 Å². The fourth-order valence-corrected chi connectivity index (χ4v) is 3.67. The third kappa shape index (κ3) is 2.77. The van der Waals surface area contributed by atoms with E-state index in [0.29, 0.717) is 0 Å². The molecule has 0 aliphatic rings. The molecule has 3 aromatic rings. The average molecular weight is 309 g/mol. The highest BCUT2D eigenvalue weighted by molar-refractivity contribution is 7.17. The second kappa shape index (κ2) is 5.93. The van der Waals surface area contributed by atoms with Gasteiger partial charge in [0.2, 0.25) is 0 Å². The fourth-order valence-electron chi connectivity index (χ4n) is 2.73. The van der Waals surface area contributed by atoms with E-state index >= 15 is 0 Å². The largest absolute Gasteiger partial charge is 0.345 e. The maximum Gasteiger partial charge on any atom is 0.253 e. The molecule has 2 aromatic carbocycles. The molecule has 0 bridgehead atoms. The molecule has 22 heavy (non-hydrogen) atoms. The summed E-state index contributed by atoms with van der Waals surface area (Å²) in [5.41, 5.74) is 4.35. The molecule has 0 aliphatic carbocycles. The number of carbonyl (C=O) groups is 1. The van der Waals surface area contributed by atoms with E-state index in [4.69, 9.17) is 0 Å². The standard InChI is InChI=1S/C19H19NOS/c1-12-8-9-13(2)16(10-12)14(3)20-19(21)17-11-22-18-7-5-4-6-15(17)18/h4-11,14H,1-3H3,(H,20,21)/t14-/m1/s1. The van der Waals surface area contributed by atoms with Crippen molar-refractivity contribution in [3.63, 3.8) is 0 Å². The maximum atomic E-state index is 12.6. The summed E-state index contributed by atoms with van der Waals surface area (Å²) < 4.78 is 1.15. The number of hydrogen-bond donors (Lipinski definition) is 1. The molecule has 1 amide bonds. The molecule has 0 saturated heterocycles. The van der Waals surface area contributed by atoms with Gasteiger partial charge in [0.25, 0.3) is 5.91 Å². The van der Waals surface area contributed by atoms with Gasteiger partial charge in [0, 0.05) is 15.5 Å². The van der Waals surface area contributed by atoms with Crippen molar-refractivity contribution in [2.45, 2.75) is 26.8 Å². The van der Waals surface area contributed by atoms with E-state index in [1.807, 2.05) is 36.6 Å². The quantitative estimate of drug-likeness (QED) is 0.724. The molecule has 0 radical (unpaired) electrons. The second-order valence-corrected chi connectivity index (χ2v) is 6.61. The lowest BCUT2D eigenvalue weighted by Crippen LogP contribution is -2.27. The summed E-state index contributed by atoms with van der Waals surface area (Å²) in [7, 11) is 0. The Bertz CT molecular complexity index is 834. The molecular formula is C19H19NOS. The van der Waals surface area contributed by atoms with Gasteiger partial charge in [0.1, 0.15) is 0 Å². The molecule has 1 aromatic heterocycles. The van der Waals surface area contributed by atoms with Gasteiger partial charge in [-0.25, -0.2) is 0 Å². The molecule has 0 fully saturated rings. The number of rotatable bonds is 3. The van der Waals surface area contributed by atoms with Gasteiger partial charge in [-0.1, -0.05) is 42.0 Å². The minimum atomic E-state index is -0.00847. The predicted molar refractivity (Wildman–Crippen MR) is 93.6 cm³/mol. The van der Waals surface area contributed by atoms with Crippen molar-refractivity contribution in [3.8, 4) is 0 Å². The van der Waals surface area contributed by atoms with Gasteiger partial charge in [-0.3, -0.25) is 4.79 Å². The lowest BCUT2D eigenvalue weighted by Gasteiger charge is -2.17. The maximum absolute atomic E-state index is 12.6. The summed E-state index contributed by atoms with van der Waals surface area (Å²) in [5, 5.41) is 6.09. The zero-order valence-electron chi connectivity index (χ0n) is 13.0. The number of nitrogens with one attached hydrogen (secondary N) is 1. The van der Waals surface area contributed by atoms with Crippen LogP contribution in [0.2, 0.25) is 0 Å². The number of aryl methyl sites for hydroxylation is 2. The normalized spacial score (nSPS) is 12.3. The van der Waals surface area contributed by atoms with E-state index in [9.17, 15) is 4.79 Å². The van der Waals surface area contributed by atoms with Crippen LogP contribution in [-0.4, -0.2) is 5.91 Å². The van der Waals surface area contributed by atoms with E-state index in [1.54, 1.807) is 11.3 Å². The Morgan fingerprint density at radius 1 is 1.14 bits per heavy atom. The average Bonchev–Trinajstić information content (AvgIpc) is 2.93. The van der Waals surface area contributed by atoms with E-state index in [0.717, 1.165) is 15.6 Å². The van der Waals surface area contributed by atoms with E-state index in [1.165, 1.54) is 16.7 Å². The molecule has 1 N–H and O–H groups in total. The first-order valence-electron chi connectivity index (χ1n) is 7.40. The molecule has 3 rings (SSSR count). The number of fused-ring (bicyclic) bond motifs is 1. The van der Waals surface area contributed by atoms with Gasteiger partial charge >= 0.3 is 0 Å². The van der Waals surface area contributed by atoms with Crippen LogP contribution in [0.15, 0.2) is 47.8 Å². The topological polar surface area (TPSA) is 29.1 Å². The number of carbonyl (C=O) groups excluding carboxylic acids is 1. The number of amides is 1. The van der Waals surface area contributed by atoms with Crippen molar-refractivity contribution in [1.29, 1.82) is 0 Å². The van der Waals surface area contributed by atoms with Crippen LogP contribution in [0.3, 0.4) is 0 Å². The molecule has 112 valence electrons. The molecule has 0 saturated carbocycles. The van der Waals surface area contributed by atoms with Crippen LogP contribution in [-0.2, 0) is 0 Å². The lowest BCUT2D eigenvalue weighted by atomic mass is 9.99. The number of benzene rings is 2. The van der Waals surface area contributed by atoms with Gasteiger partial charge in [-0.15, -0.1) is 11.3 Å². The fraction of sp³-hybridized carbons (Fsp3) is 0.211. The molecule has 2 nitrogen and oxygen atoms in total. The molecule has 1 atom stereocenters. The first-order chi connectivity index (χ1) is 10.6. The molecule has 3 heteroatoms. The summed E-state index contributed by atoms with van der Waals surface area (Å²) in [4.78, 5) is 12.6. The van der Waals surface area contributed by atoms with Crippen molar-refractivity contribution in [3.05, 3.63) is 70.1 Å². The third-order valence-electron chi connectivity index (χ3n) is 3.97. The Kier molecular flexibility index (Phi) is 3.99. The second-order valence-electron chi connectivity index (χ2n) is 5.70. The monoisotopic (exact) mass is 309 g/mol. The molecule has 1 heterocycles. The van der Waals surface area contributed by atoms with Crippen LogP contribution < -0.4 is 5.32 Å². The Hall–Kier alpha value is -2.13. The van der Waals surface area contributed by atoms with E-state index in [2.05, 4.69) is 37.4 Å². The van der Waals surface area contributed by atoms with Crippen molar-refractivity contribution in [2.75, 3.05) is 0 Å². The highest BCUT2D eigenvalue weighted by Crippen LogP contribution is 2.26. The van der Waals surface area contributed by atoms with Gasteiger partial charge in [-0.2, -0.15) is 0 Å². The first kappa shape index (κ1) is 14.8. The Morgan fingerprint density at radius 2 is 1.91 bits per heavy atom. The predicted octanol–water partition coefficient (Wildman–Crippen LogP) is 5.01. The SMILES string of the molecule is Cc1ccc(C)c([C@@H](C)NC(=O)c2csc3ccccc23)c1. The van der Waals surface area contributed by atoms with Crippen molar-refractivity contribution in [2.24, 2.45) is 0 Å². The summed E-state index contributed by atoms with van der Waals surface area (Å²) in [6.45, 7) is 6.19. The summed E-state index contributed by atoms with van der Waals surface area (Å²) in [6, 6.07) is 14.4. The van der Waals surface area contributed by atoms with Crippen LogP contribution in [0, 0.1) is 13.8 Å². The molecular weight excluding hydrogens is 290 g/mol. The highest BCUT2D eigenvalue weighted by Gasteiger charge is 2.16. The molecule has 0 unspecified atom stereocenters. The van der Waals surface area contributed by atoms with Crippen LogP contribution >= 0.6 is 11.3 Å². The van der Waals surface area contributed by atoms with Gasteiger partial charge in [-0.05, 0) is 38.0 Å². The van der Waals surface area contributed by atoms with Gasteiger partial charge in [0.05, 0.1) is 11.6 Å². The summed E-state index contributed by atoms with van der Waals surface area (Å²) in [5.74, 6) is -0.00847. The lowest BCUT2D eigenvalue weighted by molar-refractivity contribution is 0.0942. The Morgan fingerprint density at radius 3 is 2.73 bits per heavy atom.